The third-order valence-electron chi connectivity index (χ3n) is 5.69. The molecule has 1 heterocycles. The maximum Gasteiger partial charge on any atom is 0.222 e. The van der Waals surface area contributed by atoms with E-state index < -0.39 is 0 Å². The number of ether oxygens (including phenoxy) is 1. The SMILES string of the molecule is CC(N)C1CCCN(C(=O)CCc2cccc(OC3CCCC3)c2)C1.Cl. The second-order valence-corrected chi connectivity index (χ2v) is 7.77. The molecule has 26 heavy (non-hydrogen) atoms. The molecule has 0 spiro atoms. The number of nitrogens with two attached hydrogens (primary N) is 1. The summed E-state index contributed by atoms with van der Waals surface area (Å²) in [5.41, 5.74) is 7.21. The maximum absolute atomic E-state index is 12.6. The number of aryl methyl sites for hydroxylation is 1. The third kappa shape index (κ3) is 5.88. The van der Waals surface area contributed by atoms with Crippen LogP contribution in [0.1, 0.15) is 57.4 Å². The van der Waals surface area contributed by atoms with Crippen molar-refractivity contribution in [2.24, 2.45) is 11.7 Å². The van der Waals surface area contributed by atoms with Gasteiger partial charge in [0.05, 0.1) is 6.10 Å². The third-order valence-corrected chi connectivity index (χ3v) is 5.69. The zero-order valence-electron chi connectivity index (χ0n) is 15.9. The molecule has 2 atom stereocenters. The van der Waals surface area contributed by atoms with Gasteiger partial charge >= 0.3 is 0 Å². The minimum atomic E-state index is 0. The largest absolute Gasteiger partial charge is 0.490 e. The number of rotatable bonds is 6. The summed E-state index contributed by atoms with van der Waals surface area (Å²) in [7, 11) is 0. The van der Waals surface area contributed by atoms with Crippen molar-refractivity contribution in [3.8, 4) is 5.75 Å². The lowest BCUT2D eigenvalue weighted by molar-refractivity contribution is -0.133. The van der Waals surface area contributed by atoms with Crippen LogP contribution < -0.4 is 10.5 Å². The number of amides is 1. The highest BCUT2D eigenvalue weighted by molar-refractivity contribution is 5.85. The van der Waals surface area contributed by atoms with Gasteiger partial charge < -0.3 is 15.4 Å². The molecule has 2 aliphatic rings. The Morgan fingerprint density at radius 2 is 2.04 bits per heavy atom. The summed E-state index contributed by atoms with van der Waals surface area (Å²) in [6.07, 6.45) is 8.81. The highest BCUT2D eigenvalue weighted by Gasteiger charge is 2.25. The first-order chi connectivity index (χ1) is 12.1. The van der Waals surface area contributed by atoms with Crippen LogP contribution in [0.2, 0.25) is 0 Å². The Labute approximate surface area is 163 Å². The Bertz CT molecular complexity index is 573. The lowest BCUT2D eigenvalue weighted by atomic mass is 9.92. The van der Waals surface area contributed by atoms with E-state index in [4.69, 9.17) is 10.5 Å². The molecule has 2 unspecified atom stereocenters. The van der Waals surface area contributed by atoms with E-state index in [0.29, 0.717) is 18.4 Å². The first-order valence-electron chi connectivity index (χ1n) is 9.91. The predicted octanol–water partition coefficient (Wildman–Crippen LogP) is 3.95. The van der Waals surface area contributed by atoms with Crippen molar-refractivity contribution in [2.45, 2.75) is 70.4 Å². The van der Waals surface area contributed by atoms with E-state index in [1.807, 2.05) is 17.0 Å². The molecular weight excluding hydrogens is 348 g/mol. The van der Waals surface area contributed by atoms with Crippen LogP contribution in [0.5, 0.6) is 5.75 Å². The molecule has 1 saturated heterocycles. The van der Waals surface area contributed by atoms with Crippen LogP contribution in [0, 0.1) is 5.92 Å². The van der Waals surface area contributed by atoms with E-state index in [9.17, 15) is 4.79 Å². The Balaban J connectivity index is 0.00000243. The van der Waals surface area contributed by atoms with Crippen LogP contribution in [0.3, 0.4) is 0 Å². The van der Waals surface area contributed by atoms with Gasteiger partial charge in [-0.2, -0.15) is 0 Å². The smallest absolute Gasteiger partial charge is 0.222 e. The van der Waals surface area contributed by atoms with E-state index in [0.717, 1.165) is 38.1 Å². The molecule has 1 aliphatic carbocycles. The standard InChI is InChI=1S/C21H32N2O2.ClH/c1-16(22)18-7-5-13-23(15-18)21(24)12-11-17-6-4-10-20(14-17)25-19-8-2-3-9-19;/h4,6,10,14,16,18-19H,2-3,5,7-9,11-13,15,22H2,1H3;1H. The van der Waals surface area contributed by atoms with Crippen LogP contribution >= 0.6 is 12.4 Å². The first kappa shape index (κ1) is 21.0. The molecule has 1 aromatic rings. The summed E-state index contributed by atoms with van der Waals surface area (Å²) < 4.78 is 6.07. The number of likely N-dealkylation sites (tertiary alicyclic amines) is 1. The maximum atomic E-state index is 12.6. The molecule has 5 heteroatoms. The lowest BCUT2D eigenvalue weighted by Crippen LogP contribution is -2.45. The molecule has 146 valence electrons. The Kier molecular flexibility index (Phi) is 8.23. The van der Waals surface area contributed by atoms with Crippen molar-refractivity contribution in [3.05, 3.63) is 29.8 Å². The summed E-state index contributed by atoms with van der Waals surface area (Å²) in [6, 6.07) is 8.43. The fourth-order valence-electron chi connectivity index (χ4n) is 4.05. The molecular formula is C21H33ClN2O2. The number of hydrogen-bond donors (Lipinski definition) is 1. The Hall–Kier alpha value is -1.26. The van der Waals surface area contributed by atoms with E-state index >= 15 is 0 Å². The fourth-order valence-corrected chi connectivity index (χ4v) is 4.05. The monoisotopic (exact) mass is 380 g/mol. The molecule has 0 radical (unpaired) electrons. The van der Waals surface area contributed by atoms with Gasteiger partial charge in [-0.1, -0.05) is 12.1 Å². The van der Waals surface area contributed by atoms with Crippen LogP contribution in [0.4, 0.5) is 0 Å². The number of piperidine rings is 1. The van der Waals surface area contributed by atoms with Gasteiger partial charge in [0, 0.05) is 25.6 Å². The molecule has 3 rings (SSSR count). The lowest BCUT2D eigenvalue weighted by Gasteiger charge is -2.34. The summed E-state index contributed by atoms with van der Waals surface area (Å²) in [5.74, 6) is 1.65. The number of hydrogen-bond acceptors (Lipinski definition) is 3. The highest BCUT2D eigenvalue weighted by Crippen LogP contribution is 2.25. The minimum Gasteiger partial charge on any atom is -0.490 e. The summed E-state index contributed by atoms with van der Waals surface area (Å²) in [6.45, 7) is 3.75. The molecule has 2 fully saturated rings. The second kappa shape index (κ2) is 10.2. The van der Waals surface area contributed by atoms with Crippen molar-refractivity contribution < 1.29 is 9.53 Å². The normalized spacial score (nSPS) is 21.9. The topological polar surface area (TPSA) is 55.6 Å². The van der Waals surface area contributed by atoms with Crippen LogP contribution in [-0.2, 0) is 11.2 Å². The molecule has 1 aliphatic heterocycles. The zero-order chi connectivity index (χ0) is 17.6. The highest BCUT2D eigenvalue weighted by atomic mass is 35.5. The van der Waals surface area contributed by atoms with Gasteiger partial charge in [-0.25, -0.2) is 0 Å². The van der Waals surface area contributed by atoms with Crippen molar-refractivity contribution in [1.82, 2.24) is 4.90 Å². The average molecular weight is 381 g/mol. The van der Waals surface area contributed by atoms with Gasteiger partial charge in [-0.15, -0.1) is 12.4 Å². The van der Waals surface area contributed by atoms with Crippen molar-refractivity contribution in [3.63, 3.8) is 0 Å². The molecule has 4 nitrogen and oxygen atoms in total. The average Bonchev–Trinajstić information content (AvgIpc) is 3.13. The summed E-state index contributed by atoms with van der Waals surface area (Å²) >= 11 is 0. The van der Waals surface area contributed by atoms with E-state index in [2.05, 4.69) is 19.1 Å². The molecule has 2 N–H and O–H groups in total. The Morgan fingerprint density at radius 3 is 2.77 bits per heavy atom. The number of carbonyl (C=O) groups excluding carboxylic acids is 1. The number of carbonyl (C=O) groups is 1. The number of benzene rings is 1. The van der Waals surface area contributed by atoms with Crippen molar-refractivity contribution in [2.75, 3.05) is 13.1 Å². The van der Waals surface area contributed by atoms with Crippen LogP contribution in [0.15, 0.2) is 24.3 Å². The van der Waals surface area contributed by atoms with E-state index in [1.54, 1.807) is 0 Å². The van der Waals surface area contributed by atoms with E-state index in [1.165, 1.54) is 31.2 Å². The van der Waals surface area contributed by atoms with E-state index in [-0.39, 0.29) is 24.4 Å². The minimum absolute atomic E-state index is 0. The van der Waals surface area contributed by atoms with Crippen molar-refractivity contribution >= 4 is 18.3 Å². The molecule has 0 aromatic heterocycles. The summed E-state index contributed by atoms with van der Waals surface area (Å²) in [4.78, 5) is 14.6. The van der Waals surface area contributed by atoms with Gasteiger partial charge in [0.15, 0.2) is 0 Å². The second-order valence-electron chi connectivity index (χ2n) is 7.77. The molecule has 1 saturated carbocycles. The van der Waals surface area contributed by atoms with Gasteiger partial charge in [-0.05, 0) is 75.5 Å². The molecule has 1 amide bonds. The zero-order valence-corrected chi connectivity index (χ0v) is 16.7. The van der Waals surface area contributed by atoms with Crippen molar-refractivity contribution in [1.29, 1.82) is 0 Å². The van der Waals surface area contributed by atoms with Gasteiger partial charge in [0.1, 0.15) is 5.75 Å². The first-order valence-corrected chi connectivity index (χ1v) is 9.91. The molecule has 0 bridgehead atoms. The van der Waals surface area contributed by atoms with Crippen LogP contribution in [-0.4, -0.2) is 36.0 Å². The quantitative estimate of drug-likeness (QED) is 0.812. The molecule has 1 aromatic carbocycles. The predicted molar refractivity (Wildman–Crippen MR) is 108 cm³/mol. The Morgan fingerprint density at radius 1 is 1.27 bits per heavy atom. The summed E-state index contributed by atoms with van der Waals surface area (Å²) in [5, 5.41) is 0. The van der Waals surface area contributed by atoms with Gasteiger partial charge in [0.25, 0.3) is 0 Å². The number of halogens is 1. The number of nitrogens with zero attached hydrogens (tertiary/aromatic N) is 1. The van der Waals surface area contributed by atoms with Gasteiger partial charge in [-0.3, -0.25) is 4.79 Å². The van der Waals surface area contributed by atoms with Gasteiger partial charge in [0.2, 0.25) is 5.91 Å². The van der Waals surface area contributed by atoms with Crippen LogP contribution in [0.25, 0.3) is 0 Å². The fraction of sp³-hybridized carbons (Fsp3) is 0.667.